The maximum Gasteiger partial charge on any atom is 0.224 e. The van der Waals surface area contributed by atoms with Gasteiger partial charge in [-0.15, -0.1) is 0 Å². The van der Waals surface area contributed by atoms with Gasteiger partial charge in [-0.25, -0.2) is 0 Å². The minimum atomic E-state index is -0.346. The Bertz CT molecular complexity index is 736. The molecule has 0 spiro atoms. The maximum absolute atomic E-state index is 12.5. The number of nitrogens with one attached hydrogen (secondary N) is 2. The van der Waals surface area contributed by atoms with Crippen LogP contribution in [0.25, 0.3) is 5.52 Å². The van der Waals surface area contributed by atoms with Crippen LogP contribution in [0.4, 0.5) is 0 Å². The van der Waals surface area contributed by atoms with E-state index in [9.17, 15) is 4.79 Å². The number of nitrogens with zero attached hydrogens (tertiary/aromatic N) is 1. The van der Waals surface area contributed by atoms with E-state index in [1.54, 1.807) is 0 Å². The zero-order valence-corrected chi connectivity index (χ0v) is 13.4. The third-order valence-corrected chi connectivity index (χ3v) is 5.29. The molecule has 1 aliphatic heterocycles. The second kappa shape index (κ2) is 4.59. The lowest BCUT2D eigenvalue weighted by molar-refractivity contribution is -0.124. The SMILES string of the molecule is Cc1ccc2cc(C(C)(C)NC(=O)[C@H]3[C@@H]4CNC[C@@H]43)cn2c1. The molecule has 2 aliphatic rings. The lowest BCUT2D eigenvalue weighted by Gasteiger charge is -2.26. The van der Waals surface area contributed by atoms with Crippen molar-refractivity contribution in [2.45, 2.75) is 26.3 Å². The highest BCUT2D eigenvalue weighted by Gasteiger charge is 2.57. The molecule has 4 rings (SSSR count). The molecule has 2 aromatic rings. The topological polar surface area (TPSA) is 45.5 Å². The predicted octanol–water partition coefficient (Wildman–Crippen LogP) is 2.06. The standard InChI is InChI=1S/C18H23N3O/c1-11-4-5-13-6-12(10-21(13)9-11)18(2,3)20-17(22)16-14-7-19-8-15(14)16/h4-6,9-10,14-16,19H,7-8H2,1-3H3,(H,20,22)/t14-,15+,16+. The molecule has 3 heterocycles. The number of pyridine rings is 1. The first-order chi connectivity index (χ1) is 10.5. The molecule has 1 amide bonds. The summed E-state index contributed by atoms with van der Waals surface area (Å²) in [5.74, 6) is 1.56. The number of fused-ring (bicyclic) bond motifs is 2. The van der Waals surface area contributed by atoms with E-state index >= 15 is 0 Å². The second-order valence-corrected chi connectivity index (χ2v) is 7.39. The third kappa shape index (κ3) is 2.13. The number of rotatable bonds is 3. The second-order valence-electron chi connectivity index (χ2n) is 7.39. The van der Waals surface area contributed by atoms with Gasteiger partial charge in [0.25, 0.3) is 0 Å². The molecule has 116 valence electrons. The van der Waals surface area contributed by atoms with Crippen molar-refractivity contribution in [3.05, 3.63) is 41.7 Å². The van der Waals surface area contributed by atoms with Crippen LogP contribution in [-0.2, 0) is 10.3 Å². The van der Waals surface area contributed by atoms with Gasteiger partial charge in [0.1, 0.15) is 0 Å². The lowest BCUT2D eigenvalue weighted by atomic mass is 9.96. The van der Waals surface area contributed by atoms with Crippen molar-refractivity contribution in [1.29, 1.82) is 0 Å². The van der Waals surface area contributed by atoms with E-state index in [0.717, 1.165) is 24.2 Å². The van der Waals surface area contributed by atoms with Crippen molar-refractivity contribution in [2.75, 3.05) is 13.1 Å². The largest absolute Gasteiger partial charge is 0.347 e. The lowest BCUT2D eigenvalue weighted by Crippen LogP contribution is -2.42. The third-order valence-electron chi connectivity index (χ3n) is 5.29. The highest BCUT2D eigenvalue weighted by atomic mass is 16.2. The van der Waals surface area contributed by atoms with E-state index in [0.29, 0.717) is 11.8 Å². The van der Waals surface area contributed by atoms with Gasteiger partial charge in [0.2, 0.25) is 5.91 Å². The predicted molar refractivity (Wildman–Crippen MR) is 86.6 cm³/mol. The Morgan fingerprint density at radius 3 is 2.73 bits per heavy atom. The Morgan fingerprint density at radius 2 is 2.00 bits per heavy atom. The normalized spacial score (nSPS) is 27.0. The van der Waals surface area contributed by atoms with Crippen molar-refractivity contribution < 1.29 is 4.79 Å². The van der Waals surface area contributed by atoms with E-state index in [4.69, 9.17) is 0 Å². The van der Waals surface area contributed by atoms with E-state index in [1.807, 2.05) is 0 Å². The van der Waals surface area contributed by atoms with Gasteiger partial charge in [-0.05, 0) is 69.0 Å². The molecule has 4 heteroatoms. The summed E-state index contributed by atoms with van der Waals surface area (Å²) in [6, 6.07) is 6.39. The van der Waals surface area contributed by atoms with Crippen LogP contribution in [0.2, 0.25) is 0 Å². The van der Waals surface area contributed by atoms with Crippen molar-refractivity contribution in [1.82, 2.24) is 15.0 Å². The van der Waals surface area contributed by atoms with Gasteiger partial charge in [-0.1, -0.05) is 6.07 Å². The molecule has 1 saturated carbocycles. The summed E-state index contributed by atoms with van der Waals surface area (Å²) >= 11 is 0. The van der Waals surface area contributed by atoms with Crippen LogP contribution < -0.4 is 10.6 Å². The summed E-state index contributed by atoms with van der Waals surface area (Å²) in [5, 5.41) is 6.60. The Kier molecular flexibility index (Phi) is 2.89. The molecule has 1 aliphatic carbocycles. The highest BCUT2D eigenvalue weighted by molar-refractivity contribution is 5.83. The van der Waals surface area contributed by atoms with Crippen LogP contribution in [0.3, 0.4) is 0 Å². The minimum Gasteiger partial charge on any atom is -0.347 e. The van der Waals surface area contributed by atoms with Gasteiger partial charge in [0.15, 0.2) is 0 Å². The van der Waals surface area contributed by atoms with Crippen molar-refractivity contribution in [3.8, 4) is 0 Å². The Hall–Kier alpha value is -1.81. The van der Waals surface area contributed by atoms with Crippen LogP contribution in [-0.4, -0.2) is 23.4 Å². The van der Waals surface area contributed by atoms with E-state index in [-0.39, 0.29) is 17.4 Å². The number of aryl methyl sites for hydroxylation is 1. The van der Waals surface area contributed by atoms with Gasteiger partial charge in [0.05, 0.1) is 5.54 Å². The van der Waals surface area contributed by atoms with Crippen LogP contribution in [0, 0.1) is 24.7 Å². The fourth-order valence-corrected chi connectivity index (χ4v) is 3.83. The number of carbonyl (C=O) groups excluding carboxylic acids is 1. The zero-order valence-electron chi connectivity index (χ0n) is 13.4. The molecule has 0 aromatic carbocycles. The number of piperidine rings is 1. The van der Waals surface area contributed by atoms with Crippen LogP contribution in [0.15, 0.2) is 30.6 Å². The molecule has 2 N–H and O–H groups in total. The summed E-state index contributed by atoms with van der Waals surface area (Å²) in [4.78, 5) is 12.5. The fourth-order valence-electron chi connectivity index (χ4n) is 3.83. The molecule has 1 saturated heterocycles. The Morgan fingerprint density at radius 1 is 1.27 bits per heavy atom. The zero-order chi connectivity index (χ0) is 15.5. The number of hydrogen-bond donors (Lipinski definition) is 2. The molecular formula is C18H23N3O. The summed E-state index contributed by atoms with van der Waals surface area (Å²) in [7, 11) is 0. The van der Waals surface area contributed by atoms with Gasteiger partial charge < -0.3 is 15.0 Å². The first-order valence-corrected chi connectivity index (χ1v) is 8.07. The summed E-state index contributed by atoms with van der Waals surface area (Å²) in [6.45, 7) is 8.26. The van der Waals surface area contributed by atoms with Crippen molar-refractivity contribution in [3.63, 3.8) is 0 Å². The van der Waals surface area contributed by atoms with Crippen LogP contribution in [0.5, 0.6) is 0 Å². The van der Waals surface area contributed by atoms with Crippen LogP contribution >= 0.6 is 0 Å². The minimum absolute atomic E-state index is 0.216. The molecule has 2 fully saturated rings. The van der Waals surface area contributed by atoms with Gasteiger partial charge in [0, 0.05) is 23.8 Å². The molecule has 22 heavy (non-hydrogen) atoms. The summed E-state index contributed by atoms with van der Waals surface area (Å²) < 4.78 is 2.13. The monoisotopic (exact) mass is 297 g/mol. The molecule has 2 aromatic heterocycles. The van der Waals surface area contributed by atoms with Crippen molar-refractivity contribution in [2.24, 2.45) is 17.8 Å². The smallest absolute Gasteiger partial charge is 0.224 e. The average molecular weight is 297 g/mol. The molecule has 0 radical (unpaired) electrons. The Labute approximate surface area is 130 Å². The first-order valence-electron chi connectivity index (χ1n) is 8.07. The number of hydrogen-bond acceptors (Lipinski definition) is 2. The van der Waals surface area contributed by atoms with E-state index in [2.05, 4.69) is 66.4 Å². The maximum atomic E-state index is 12.5. The molecule has 3 atom stereocenters. The van der Waals surface area contributed by atoms with Gasteiger partial charge in [-0.2, -0.15) is 0 Å². The van der Waals surface area contributed by atoms with E-state index < -0.39 is 0 Å². The quantitative estimate of drug-likeness (QED) is 0.911. The number of carbonyl (C=O) groups is 1. The van der Waals surface area contributed by atoms with Crippen LogP contribution in [0.1, 0.15) is 25.0 Å². The fraction of sp³-hybridized carbons (Fsp3) is 0.500. The Balaban J connectivity index is 1.55. The summed E-state index contributed by atoms with van der Waals surface area (Å²) in [5.41, 5.74) is 3.20. The van der Waals surface area contributed by atoms with Gasteiger partial charge in [-0.3, -0.25) is 4.79 Å². The molecule has 4 nitrogen and oxygen atoms in total. The molecule has 0 bridgehead atoms. The highest BCUT2D eigenvalue weighted by Crippen LogP contribution is 2.49. The first kappa shape index (κ1) is 13.8. The summed E-state index contributed by atoms with van der Waals surface area (Å²) in [6.07, 6.45) is 4.24. The molecule has 0 unspecified atom stereocenters. The van der Waals surface area contributed by atoms with Crippen molar-refractivity contribution >= 4 is 11.4 Å². The van der Waals surface area contributed by atoms with E-state index in [1.165, 1.54) is 5.56 Å². The number of amides is 1. The molecular weight excluding hydrogens is 274 g/mol. The number of aromatic nitrogens is 1. The average Bonchev–Trinajstić information content (AvgIpc) is 2.83. The van der Waals surface area contributed by atoms with Gasteiger partial charge >= 0.3 is 0 Å².